The van der Waals surface area contributed by atoms with Crippen LogP contribution in [0.25, 0.3) is 0 Å². The van der Waals surface area contributed by atoms with Crippen molar-refractivity contribution in [1.82, 2.24) is 14.9 Å². The van der Waals surface area contributed by atoms with Crippen LogP contribution >= 0.6 is 12.4 Å². The molecule has 0 aliphatic carbocycles. The van der Waals surface area contributed by atoms with E-state index in [-0.39, 0.29) is 23.2 Å². The highest BCUT2D eigenvalue weighted by Gasteiger charge is 2.16. The van der Waals surface area contributed by atoms with Crippen molar-refractivity contribution in [2.24, 2.45) is 0 Å². The Balaban J connectivity index is 0.00000361. The number of likely N-dealkylation sites (N-methyl/N-ethyl adjacent to an activating group) is 1. The fourth-order valence-electron chi connectivity index (χ4n) is 1.45. The van der Waals surface area contributed by atoms with Crippen molar-refractivity contribution in [1.29, 1.82) is 0 Å². The molecule has 0 heterocycles. The van der Waals surface area contributed by atoms with E-state index >= 15 is 0 Å². The summed E-state index contributed by atoms with van der Waals surface area (Å²) in [5.41, 5.74) is 0.349. The number of hydrogen-bond acceptors (Lipinski definition) is 4. The van der Waals surface area contributed by atoms with Crippen LogP contribution in [0.1, 0.15) is 10.4 Å². The molecular formula is C12H20ClN3O3S. The Bertz CT molecular complexity index is 547. The fourth-order valence-corrected chi connectivity index (χ4v) is 2.53. The first kappa shape index (κ1) is 18.9. The molecule has 8 heteroatoms. The predicted octanol–water partition coefficient (Wildman–Crippen LogP) is 0.308. The van der Waals surface area contributed by atoms with Gasteiger partial charge in [-0.3, -0.25) is 4.79 Å². The van der Waals surface area contributed by atoms with E-state index in [0.29, 0.717) is 18.7 Å². The zero-order valence-corrected chi connectivity index (χ0v) is 13.3. The molecule has 0 aromatic heterocycles. The van der Waals surface area contributed by atoms with Gasteiger partial charge in [-0.15, -0.1) is 12.4 Å². The maximum absolute atomic E-state index is 12.0. The molecule has 0 bridgehead atoms. The van der Waals surface area contributed by atoms with Gasteiger partial charge in [0.05, 0.1) is 4.90 Å². The van der Waals surface area contributed by atoms with Gasteiger partial charge in [0.25, 0.3) is 5.91 Å². The zero-order valence-electron chi connectivity index (χ0n) is 11.7. The summed E-state index contributed by atoms with van der Waals surface area (Å²) in [5.74, 6) is -0.229. The zero-order chi connectivity index (χ0) is 14.5. The monoisotopic (exact) mass is 321 g/mol. The van der Waals surface area contributed by atoms with Gasteiger partial charge in [0.2, 0.25) is 10.0 Å². The Hall–Kier alpha value is -1.15. The normalized spacial score (nSPS) is 10.8. The summed E-state index contributed by atoms with van der Waals surface area (Å²) in [4.78, 5) is 13.3. The van der Waals surface area contributed by atoms with Crippen LogP contribution in [-0.2, 0) is 10.0 Å². The molecule has 0 fully saturated rings. The van der Waals surface area contributed by atoms with Crippen LogP contribution in [0, 0.1) is 0 Å². The first-order chi connectivity index (χ1) is 8.88. The second-order valence-electron chi connectivity index (χ2n) is 4.23. The number of benzene rings is 1. The van der Waals surface area contributed by atoms with Gasteiger partial charge in [0, 0.05) is 32.7 Å². The first-order valence-corrected chi connectivity index (χ1v) is 7.33. The van der Waals surface area contributed by atoms with Crippen LogP contribution in [0.2, 0.25) is 0 Å². The van der Waals surface area contributed by atoms with E-state index in [0.717, 1.165) is 0 Å². The number of amides is 1. The maximum atomic E-state index is 12.0. The lowest BCUT2D eigenvalue weighted by molar-refractivity contribution is 0.0827. The number of rotatable bonds is 6. The molecule has 1 amide bonds. The number of sulfonamides is 1. The SMILES string of the molecule is CNCCNS(=O)(=O)c1cccc(C(=O)N(C)C)c1.Cl. The Labute approximate surface area is 126 Å². The van der Waals surface area contributed by atoms with Gasteiger partial charge in [-0.25, -0.2) is 13.1 Å². The molecule has 2 N–H and O–H groups in total. The summed E-state index contributed by atoms with van der Waals surface area (Å²) in [6.45, 7) is 0.834. The van der Waals surface area contributed by atoms with Crippen LogP contribution in [0.15, 0.2) is 29.2 Å². The van der Waals surface area contributed by atoms with Crippen molar-refractivity contribution in [3.8, 4) is 0 Å². The standard InChI is InChI=1S/C12H19N3O3S.ClH/c1-13-7-8-14-19(17,18)11-6-4-5-10(9-11)12(16)15(2)3;/h4-6,9,13-14H,7-8H2,1-3H3;1H. The van der Waals surface area contributed by atoms with E-state index in [4.69, 9.17) is 0 Å². The smallest absolute Gasteiger partial charge is 0.253 e. The predicted molar refractivity (Wildman–Crippen MR) is 80.8 cm³/mol. The summed E-state index contributed by atoms with van der Waals surface area (Å²) in [6.07, 6.45) is 0. The summed E-state index contributed by atoms with van der Waals surface area (Å²) in [7, 11) is 1.41. The lowest BCUT2D eigenvalue weighted by atomic mass is 10.2. The van der Waals surface area contributed by atoms with E-state index < -0.39 is 10.0 Å². The Morgan fingerprint density at radius 3 is 2.45 bits per heavy atom. The largest absolute Gasteiger partial charge is 0.345 e. The molecular weight excluding hydrogens is 302 g/mol. The van der Waals surface area contributed by atoms with Crippen molar-refractivity contribution in [3.63, 3.8) is 0 Å². The van der Waals surface area contributed by atoms with Crippen LogP contribution in [0.4, 0.5) is 0 Å². The number of nitrogens with one attached hydrogen (secondary N) is 2. The molecule has 20 heavy (non-hydrogen) atoms. The second-order valence-corrected chi connectivity index (χ2v) is 6.00. The van der Waals surface area contributed by atoms with E-state index in [1.54, 1.807) is 33.3 Å². The minimum absolute atomic E-state index is 0. The first-order valence-electron chi connectivity index (χ1n) is 5.84. The Morgan fingerprint density at radius 1 is 1.25 bits per heavy atom. The summed E-state index contributed by atoms with van der Waals surface area (Å²) < 4.78 is 26.4. The molecule has 0 saturated heterocycles. The molecule has 0 saturated carbocycles. The second kappa shape index (κ2) is 8.21. The average Bonchev–Trinajstić information content (AvgIpc) is 2.38. The summed E-state index contributed by atoms with van der Waals surface area (Å²) in [5, 5.41) is 2.85. The highest BCUT2D eigenvalue weighted by atomic mass is 35.5. The lowest BCUT2D eigenvalue weighted by Gasteiger charge is -2.11. The van der Waals surface area contributed by atoms with Gasteiger partial charge in [0.1, 0.15) is 0 Å². The molecule has 0 radical (unpaired) electrons. The van der Waals surface area contributed by atoms with Gasteiger partial charge in [-0.2, -0.15) is 0 Å². The van der Waals surface area contributed by atoms with Gasteiger partial charge >= 0.3 is 0 Å². The van der Waals surface area contributed by atoms with Crippen LogP contribution in [0.5, 0.6) is 0 Å². The Kier molecular flexibility index (Phi) is 7.74. The van der Waals surface area contributed by atoms with Crippen LogP contribution < -0.4 is 10.0 Å². The van der Waals surface area contributed by atoms with Crippen molar-refractivity contribution in [3.05, 3.63) is 29.8 Å². The third kappa shape index (κ3) is 5.09. The van der Waals surface area contributed by atoms with E-state index in [1.165, 1.54) is 17.0 Å². The minimum atomic E-state index is -3.57. The molecule has 0 atom stereocenters. The molecule has 6 nitrogen and oxygen atoms in total. The van der Waals surface area contributed by atoms with E-state index in [9.17, 15) is 13.2 Å². The van der Waals surface area contributed by atoms with Crippen molar-refractivity contribution >= 4 is 28.3 Å². The van der Waals surface area contributed by atoms with Crippen molar-refractivity contribution < 1.29 is 13.2 Å². The summed E-state index contributed by atoms with van der Waals surface area (Å²) >= 11 is 0. The molecule has 1 aromatic carbocycles. The molecule has 0 spiro atoms. The highest BCUT2D eigenvalue weighted by Crippen LogP contribution is 2.12. The maximum Gasteiger partial charge on any atom is 0.253 e. The molecule has 0 aliphatic heterocycles. The molecule has 1 aromatic rings. The lowest BCUT2D eigenvalue weighted by Crippen LogP contribution is -2.30. The number of hydrogen-bond donors (Lipinski definition) is 2. The van der Waals surface area contributed by atoms with Gasteiger partial charge in [0.15, 0.2) is 0 Å². The quantitative estimate of drug-likeness (QED) is 0.739. The minimum Gasteiger partial charge on any atom is -0.345 e. The summed E-state index contributed by atoms with van der Waals surface area (Å²) in [6, 6.07) is 6.00. The van der Waals surface area contributed by atoms with Gasteiger partial charge in [-0.1, -0.05) is 6.07 Å². The van der Waals surface area contributed by atoms with E-state index in [2.05, 4.69) is 10.0 Å². The average molecular weight is 322 g/mol. The van der Waals surface area contributed by atoms with Crippen LogP contribution in [0.3, 0.4) is 0 Å². The van der Waals surface area contributed by atoms with Crippen molar-refractivity contribution in [2.75, 3.05) is 34.2 Å². The fraction of sp³-hybridized carbons (Fsp3) is 0.417. The third-order valence-electron chi connectivity index (χ3n) is 2.46. The molecule has 114 valence electrons. The van der Waals surface area contributed by atoms with Gasteiger partial charge < -0.3 is 10.2 Å². The number of carbonyl (C=O) groups excluding carboxylic acids is 1. The van der Waals surface area contributed by atoms with Crippen molar-refractivity contribution in [2.45, 2.75) is 4.90 Å². The topological polar surface area (TPSA) is 78.5 Å². The third-order valence-corrected chi connectivity index (χ3v) is 3.92. The number of nitrogens with zero attached hydrogens (tertiary/aromatic N) is 1. The highest BCUT2D eigenvalue weighted by molar-refractivity contribution is 7.89. The van der Waals surface area contributed by atoms with E-state index in [1.807, 2.05) is 0 Å². The number of halogens is 1. The molecule has 1 rings (SSSR count). The Morgan fingerprint density at radius 2 is 1.90 bits per heavy atom. The number of carbonyl (C=O) groups is 1. The van der Waals surface area contributed by atoms with Crippen LogP contribution in [-0.4, -0.2) is 53.5 Å². The molecule has 0 unspecified atom stereocenters. The van der Waals surface area contributed by atoms with Gasteiger partial charge in [-0.05, 0) is 25.2 Å². The molecule has 0 aliphatic rings.